The number of allylic oxidation sites excluding steroid dienone is 2. The minimum atomic E-state index is -0.465. The van der Waals surface area contributed by atoms with Gasteiger partial charge in [-0.25, -0.2) is 0 Å². The lowest BCUT2D eigenvalue weighted by atomic mass is 9.93. The summed E-state index contributed by atoms with van der Waals surface area (Å²) in [7, 11) is 0. The Morgan fingerprint density at radius 3 is 2.71 bits per heavy atom. The minimum Gasteiger partial charge on any atom is -0.463 e. The van der Waals surface area contributed by atoms with Gasteiger partial charge in [0, 0.05) is 12.3 Å². The van der Waals surface area contributed by atoms with E-state index in [0.717, 1.165) is 12.8 Å². The summed E-state index contributed by atoms with van der Waals surface area (Å²) in [5, 5.41) is 19.6. The molecule has 4 unspecified atom stereocenters. The molecule has 5 nitrogen and oxygen atoms in total. The molecule has 0 aliphatic carbocycles. The Balaban J connectivity index is 2.30. The van der Waals surface area contributed by atoms with Gasteiger partial charge in [0.25, 0.3) is 0 Å². The molecule has 1 saturated heterocycles. The van der Waals surface area contributed by atoms with Gasteiger partial charge in [0.15, 0.2) is 0 Å². The molecule has 0 aromatic heterocycles. The number of aliphatic hydroxyl groups excluding tert-OH is 2. The van der Waals surface area contributed by atoms with E-state index in [1.165, 1.54) is 0 Å². The van der Waals surface area contributed by atoms with Crippen molar-refractivity contribution in [3.63, 3.8) is 0 Å². The fourth-order valence-electron chi connectivity index (χ4n) is 2.65. The van der Waals surface area contributed by atoms with Crippen molar-refractivity contribution in [2.45, 2.75) is 77.3 Å². The van der Waals surface area contributed by atoms with Crippen molar-refractivity contribution in [3.8, 4) is 0 Å². The van der Waals surface area contributed by atoms with Crippen molar-refractivity contribution in [1.29, 1.82) is 0 Å². The van der Waals surface area contributed by atoms with E-state index in [1.54, 1.807) is 6.08 Å². The molecule has 1 aliphatic heterocycles. The Labute approximate surface area is 145 Å². The first-order valence-corrected chi connectivity index (χ1v) is 8.94. The number of aliphatic hydroxyl groups is 2. The number of rotatable bonds is 10. The molecule has 0 aromatic rings. The van der Waals surface area contributed by atoms with E-state index < -0.39 is 12.2 Å². The molecule has 0 amide bonds. The molecule has 5 heteroatoms. The molecule has 1 rings (SSSR count). The van der Waals surface area contributed by atoms with Crippen molar-refractivity contribution in [3.05, 3.63) is 24.3 Å². The second kappa shape index (κ2) is 11.4. The molecular weight excluding hydrogens is 308 g/mol. The van der Waals surface area contributed by atoms with Gasteiger partial charge in [0.2, 0.25) is 0 Å². The second-order valence-corrected chi connectivity index (χ2v) is 6.52. The van der Waals surface area contributed by atoms with E-state index in [4.69, 9.17) is 9.47 Å². The standard InChI is InChI=1S/C19H32O5/c1-4-15(20)11-12-18-16(17(21)13-23-18)9-7-5-6-8-10-19(22)24-14(2)3/h5-6,11-12,14-18,20-21H,4,7-10,13H2,1-3H3/b6-5+,12-11+. The highest BCUT2D eigenvalue weighted by Crippen LogP contribution is 2.27. The van der Waals surface area contributed by atoms with Crippen LogP contribution in [-0.2, 0) is 14.3 Å². The normalized spacial score (nSPS) is 25.8. The van der Waals surface area contributed by atoms with Gasteiger partial charge in [0.05, 0.1) is 31.0 Å². The zero-order valence-corrected chi connectivity index (χ0v) is 15.1. The predicted octanol–water partition coefficient (Wildman–Crippen LogP) is 2.76. The van der Waals surface area contributed by atoms with Crippen LogP contribution in [0.5, 0.6) is 0 Å². The first-order valence-electron chi connectivity index (χ1n) is 8.94. The summed E-state index contributed by atoms with van der Waals surface area (Å²) in [6, 6.07) is 0. The maximum Gasteiger partial charge on any atom is 0.306 e. The first kappa shape index (κ1) is 20.9. The highest BCUT2D eigenvalue weighted by Gasteiger charge is 2.33. The van der Waals surface area contributed by atoms with Crippen LogP contribution in [0.15, 0.2) is 24.3 Å². The molecule has 1 fully saturated rings. The van der Waals surface area contributed by atoms with Crippen LogP contribution in [0.1, 0.15) is 52.9 Å². The molecule has 0 bridgehead atoms. The third-order valence-electron chi connectivity index (χ3n) is 4.03. The molecule has 138 valence electrons. The summed E-state index contributed by atoms with van der Waals surface area (Å²) in [5.41, 5.74) is 0. The van der Waals surface area contributed by atoms with Crippen molar-refractivity contribution in [2.24, 2.45) is 5.92 Å². The van der Waals surface area contributed by atoms with Crippen molar-refractivity contribution in [2.75, 3.05) is 6.61 Å². The molecule has 0 saturated carbocycles. The molecular formula is C19H32O5. The Hall–Kier alpha value is -1.17. The highest BCUT2D eigenvalue weighted by molar-refractivity contribution is 5.69. The van der Waals surface area contributed by atoms with Crippen LogP contribution in [0, 0.1) is 5.92 Å². The first-order chi connectivity index (χ1) is 11.4. The van der Waals surface area contributed by atoms with Crippen LogP contribution in [0.3, 0.4) is 0 Å². The monoisotopic (exact) mass is 340 g/mol. The Morgan fingerprint density at radius 1 is 1.33 bits per heavy atom. The largest absolute Gasteiger partial charge is 0.463 e. The van der Waals surface area contributed by atoms with Crippen LogP contribution in [0.25, 0.3) is 0 Å². The fourth-order valence-corrected chi connectivity index (χ4v) is 2.65. The lowest BCUT2D eigenvalue weighted by Gasteiger charge is -2.17. The van der Waals surface area contributed by atoms with E-state index in [-0.39, 0.29) is 24.1 Å². The summed E-state index contributed by atoms with van der Waals surface area (Å²) < 4.78 is 10.7. The van der Waals surface area contributed by atoms with Crippen LogP contribution in [-0.4, -0.2) is 47.2 Å². The summed E-state index contributed by atoms with van der Waals surface area (Å²) in [6.07, 6.45) is 9.85. The van der Waals surface area contributed by atoms with Gasteiger partial charge in [0.1, 0.15) is 0 Å². The highest BCUT2D eigenvalue weighted by atomic mass is 16.5. The lowest BCUT2D eigenvalue weighted by molar-refractivity contribution is -0.147. The Morgan fingerprint density at radius 2 is 2.04 bits per heavy atom. The summed E-state index contributed by atoms with van der Waals surface area (Å²) in [6.45, 7) is 5.94. The van der Waals surface area contributed by atoms with Gasteiger partial charge in [-0.1, -0.05) is 31.2 Å². The van der Waals surface area contributed by atoms with E-state index in [1.807, 2.05) is 39.0 Å². The smallest absolute Gasteiger partial charge is 0.306 e. The topological polar surface area (TPSA) is 76.0 Å². The van der Waals surface area contributed by atoms with Gasteiger partial charge in [-0.05, 0) is 39.5 Å². The van der Waals surface area contributed by atoms with Gasteiger partial charge >= 0.3 is 5.97 Å². The van der Waals surface area contributed by atoms with E-state index in [2.05, 4.69) is 0 Å². The maximum atomic E-state index is 11.4. The van der Waals surface area contributed by atoms with Gasteiger partial charge in [-0.2, -0.15) is 0 Å². The zero-order valence-electron chi connectivity index (χ0n) is 15.1. The van der Waals surface area contributed by atoms with Crippen LogP contribution in [0.2, 0.25) is 0 Å². The minimum absolute atomic E-state index is 0.0425. The van der Waals surface area contributed by atoms with Crippen LogP contribution < -0.4 is 0 Å². The predicted molar refractivity (Wildman–Crippen MR) is 93.5 cm³/mol. The molecule has 4 atom stereocenters. The molecule has 0 radical (unpaired) electrons. The summed E-state index contributed by atoms with van der Waals surface area (Å²) in [4.78, 5) is 11.4. The molecule has 1 aliphatic rings. The Kier molecular flexibility index (Phi) is 9.91. The lowest BCUT2D eigenvalue weighted by Crippen LogP contribution is -2.22. The van der Waals surface area contributed by atoms with Crippen LogP contribution >= 0.6 is 0 Å². The number of esters is 1. The van der Waals surface area contributed by atoms with E-state index in [9.17, 15) is 15.0 Å². The van der Waals surface area contributed by atoms with Gasteiger partial charge in [-0.3, -0.25) is 4.79 Å². The third-order valence-corrected chi connectivity index (χ3v) is 4.03. The number of carbonyl (C=O) groups is 1. The third kappa shape index (κ3) is 8.08. The van der Waals surface area contributed by atoms with E-state index >= 15 is 0 Å². The van der Waals surface area contributed by atoms with Gasteiger partial charge < -0.3 is 19.7 Å². The zero-order chi connectivity index (χ0) is 17.9. The average molecular weight is 340 g/mol. The SMILES string of the molecule is CCC(O)/C=C/C1OCC(O)C1CC/C=C/CCC(=O)OC(C)C. The molecule has 0 aromatic carbocycles. The number of hydrogen-bond donors (Lipinski definition) is 2. The fraction of sp³-hybridized carbons (Fsp3) is 0.737. The van der Waals surface area contributed by atoms with Crippen molar-refractivity contribution >= 4 is 5.97 Å². The molecule has 1 heterocycles. The quantitative estimate of drug-likeness (QED) is 0.472. The molecule has 2 N–H and O–H groups in total. The number of ether oxygens (including phenoxy) is 2. The second-order valence-electron chi connectivity index (χ2n) is 6.52. The number of carbonyl (C=O) groups excluding carboxylic acids is 1. The van der Waals surface area contributed by atoms with E-state index in [0.29, 0.717) is 25.9 Å². The molecule has 24 heavy (non-hydrogen) atoms. The van der Waals surface area contributed by atoms with Crippen molar-refractivity contribution in [1.82, 2.24) is 0 Å². The number of hydrogen-bond acceptors (Lipinski definition) is 5. The Bertz CT molecular complexity index is 416. The molecule has 0 spiro atoms. The average Bonchev–Trinajstić information content (AvgIpc) is 2.88. The maximum absolute atomic E-state index is 11.4. The van der Waals surface area contributed by atoms with Crippen molar-refractivity contribution < 1.29 is 24.5 Å². The summed E-state index contributed by atoms with van der Waals surface area (Å²) >= 11 is 0. The van der Waals surface area contributed by atoms with Gasteiger partial charge in [-0.15, -0.1) is 0 Å². The van der Waals surface area contributed by atoms with Crippen LogP contribution in [0.4, 0.5) is 0 Å². The summed E-state index contributed by atoms with van der Waals surface area (Å²) in [5.74, 6) is -0.130.